The van der Waals surface area contributed by atoms with E-state index in [2.05, 4.69) is 20.6 Å². The third kappa shape index (κ3) is 3.33. The highest BCUT2D eigenvalue weighted by atomic mass is 32.1. The van der Waals surface area contributed by atoms with Gasteiger partial charge in [-0.15, -0.1) is 0 Å². The van der Waals surface area contributed by atoms with Crippen LogP contribution in [0.25, 0.3) is 20.4 Å². The molecule has 2 aromatic heterocycles. The van der Waals surface area contributed by atoms with E-state index in [4.69, 9.17) is 0 Å². The number of aliphatic hydroxyl groups is 1. The van der Waals surface area contributed by atoms with Gasteiger partial charge in [0.25, 0.3) is 0 Å². The standard InChI is InChI=1S/C17H16N4OS2/c22-11(9-18-16-20-12-5-1-3-7-14(12)23-16)10-19-17-21-13-6-2-4-8-15(13)24-17/h1-8,11,22H,9-10H2,(H,18,20)(H,19,21). The minimum absolute atomic E-state index is 0.442. The Kier molecular flexibility index (Phi) is 4.29. The zero-order valence-corrected chi connectivity index (χ0v) is 14.4. The summed E-state index contributed by atoms with van der Waals surface area (Å²) >= 11 is 3.19. The second-order valence-electron chi connectivity index (χ2n) is 5.39. The number of rotatable bonds is 6. The number of para-hydroxylation sites is 2. The molecule has 0 radical (unpaired) electrons. The second kappa shape index (κ2) is 6.72. The summed E-state index contributed by atoms with van der Waals surface area (Å²) < 4.78 is 2.28. The van der Waals surface area contributed by atoms with Crippen molar-refractivity contribution in [3.8, 4) is 0 Å². The molecule has 2 aromatic carbocycles. The van der Waals surface area contributed by atoms with Gasteiger partial charge in [0.15, 0.2) is 10.3 Å². The van der Waals surface area contributed by atoms with Crippen LogP contribution in [0.5, 0.6) is 0 Å². The Hall–Kier alpha value is -2.22. The minimum atomic E-state index is -0.524. The van der Waals surface area contributed by atoms with E-state index in [0.717, 1.165) is 30.7 Å². The van der Waals surface area contributed by atoms with Gasteiger partial charge in [-0.25, -0.2) is 9.97 Å². The molecule has 5 nitrogen and oxygen atoms in total. The number of anilines is 2. The van der Waals surface area contributed by atoms with E-state index in [1.54, 1.807) is 22.7 Å². The number of hydrogen-bond acceptors (Lipinski definition) is 7. The van der Waals surface area contributed by atoms with Crippen molar-refractivity contribution in [1.29, 1.82) is 0 Å². The first-order valence-electron chi connectivity index (χ1n) is 7.65. The van der Waals surface area contributed by atoms with Crippen molar-refractivity contribution in [2.75, 3.05) is 23.7 Å². The Morgan fingerprint density at radius 2 is 1.25 bits per heavy atom. The lowest BCUT2D eigenvalue weighted by Gasteiger charge is -2.11. The van der Waals surface area contributed by atoms with E-state index >= 15 is 0 Å². The summed E-state index contributed by atoms with van der Waals surface area (Å²) in [6, 6.07) is 16.0. The van der Waals surface area contributed by atoms with Gasteiger partial charge in [0.1, 0.15) is 0 Å². The summed E-state index contributed by atoms with van der Waals surface area (Å²) in [6.45, 7) is 0.884. The van der Waals surface area contributed by atoms with E-state index in [0.29, 0.717) is 13.1 Å². The van der Waals surface area contributed by atoms with Crippen LogP contribution in [0.4, 0.5) is 10.3 Å². The highest BCUT2D eigenvalue weighted by Crippen LogP contribution is 2.26. The van der Waals surface area contributed by atoms with Crippen LogP contribution in [-0.4, -0.2) is 34.3 Å². The smallest absolute Gasteiger partial charge is 0.183 e. The molecule has 0 aliphatic carbocycles. The quantitative estimate of drug-likeness (QED) is 0.490. The maximum absolute atomic E-state index is 10.2. The van der Waals surface area contributed by atoms with Crippen LogP contribution in [0.3, 0.4) is 0 Å². The number of nitrogens with zero attached hydrogens (tertiary/aromatic N) is 2. The largest absolute Gasteiger partial charge is 0.389 e. The topological polar surface area (TPSA) is 70.1 Å². The van der Waals surface area contributed by atoms with Crippen molar-refractivity contribution in [1.82, 2.24) is 9.97 Å². The average Bonchev–Trinajstić information content (AvgIpc) is 3.21. The van der Waals surface area contributed by atoms with E-state index in [1.165, 1.54) is 0 Å². The molecule has 24 heavy (non-hydrogen) atoms. The molecule has 0 bridgehead atoms. The van der Waals surface area contributed by atoms with Crippen molar-refractivity contribution >= 4 is 53.4 Å². The first kappa shape index (κ1) is 15.3. The average molecular weight is 356 g/mol. The van der Waals surface area contributed by atoms with Crippen LogP contribution in [0.1, 0.15) is 0 Å². The molecule has 0 spiro atoms. The van der Waals surface area contributed by atoms with E-state index < -0.39 is 6.10 Å². The fraction of sp³-hybridized carbons (Fsp3) is 0.176. The SMILES string of the molecule is OC(CNc1nc2ccccc2s1)CNc1nc2ccccc2s1. The Balaban J connectivity index is 1.32. The minimum Gasteiger partial charge on any atom is -0.389 e. The van der Waals surface area contributed by atoms with Gasteiger partial charge >= 0.3 is 0 Å². The van der Waals surface area contributed by atoms with Gasteiger partial charge < -0.3 is 15.7 Å². The van der Waals surface area contributed by atoms with Gasteiger partial charge in [-0.2, -0.15) is 0 Å². The third-order valence-electron chi connectivity index (χ3n) is 3.57. The molecule has 2 heterocycles. The third-order valence-corrected chi connectivity index (χ3v) is 5.55. The number of thiazole rings is 2. The number of aliphatic hydroxyl groups excluding tert-OH is 1. The molecule has 0 fully saturated rings. The monoisotopic (exact) mass is 356 g/mol. The van der Waals surface area contributed by atoms with Crippen molar-refractivity contribution in [2.24, 2.45) is 0 Å². The zero-order valence-electron chi connectivity index (χ0n) is 12.8. The fourth-order valence-corrected chi connectivity index (χ4v) is 4.12. The summed E-state index contributed by atoms with van der Waals surface area (Å²) in [4.78, 5) is 8.99. The molecule has 0 aliphatic rings. The molecular formula is C17H16N4OS2. The van der Waals surface area contributed by atoms with Gasteiger partial charge in [0.05, 0.1) is 26.5 Å². The molecule has 0 saturated heterocycles. The summed E-state index contributed by atoms with van der Waals surface area (Å²) in [5, 5.41) is 18.2. The van der Waals surface area contributed by atoms with Gasteiger partial charge in [-0.1, -0.05) is 46.9 Å². The van der Waals surface area contributed by atoms with Crippen LogP contribution in [0.2, 0.25) is 0 Å². The van der Waals surface area contributed by atoms with E-state index in [-0.39, 0.29) is 0 Å². The summed E-state index contributed by atoms with van der Waals surface area (Å²) in [5.41, 5.74) is 1.96. The van der Waals surface area contributed by atoms with Gasteiger partial charge in [-0.3, -0.25) is 0 Å². The number of benzene rings is 2. The van der Waals surface area contributed by atoms with Gasteiger partial charge in [-0.05, 0) is 24.3 Å². The number of hydrogen-bond donors (Lipinski definition) is 3. The van der Waals surface area contributed by atoms with Crippen LogP contribution in [0, 0.1) is 0 Å². The summed E-state index contributed by atoms with van der Waals surface area (Å²) in [5.74, 6) is 0. The highest BCUT2D eigenvalue weighted by molar-refractivity contribution is 7.22. The van der Waals surface area contributed by atoms with Crippen molar-refractivity contribution in [2.45, 2.75) is 6.10 Å². The van der Waals surface area contributed by atoms with E-state index in [1.807, 2.05) is 48.5 Å². The lowest BCUT2D eigenvalue weighted by molar-refractivity contribution is 0.201. The molecule has 7 heteroatoms. The maximum Gasteiger partial charge on any atom is 0.183 e. The Morgan fingerprint density at radius 1 is 0.792 bits per heavy atom. The fourth-order valence-electron chi connectivity index (χ4n) is 2.38. The molecule has 0 unspecified atom stereocenters. The second-order valence-corrected chi connectivity index (χ2v) is 7.45. The number of aromatic nitrogens is 2. The van der Waals surface area contributed by atoms with Crippen LogP contribution >= 0.6 is 22.7 Å². The molecule has 3 N–H and O–H groups in total. The van der Waals surface area contributed by atoms with Crippen molar-refractivity contribution < 1.29 is 5.11 Å². The van der Waals surface area contributed by atoms with Crippen LogP contribution in [-0.2, 0) is 0 Å². The van der Waals surface area contributed by atoms with Gasteiger partial charge in [0.2, 0.25) is 0 Å². The molecule has 4 aromatic rings. The predicted octanol–water partition coefficient (Wildman–Crippen LogP) is 3.79. The normalized spacial score (nSPS) is 11.4. The lowest BCUT2D eigenvalue weighted by Crippen LogP contribution is -2.27. The van der Waals surface area contributed by atoms with Crippen molar-refractivity contribution in [3.05, 3.63) is 48.5 Å². The Labute approximate surface area is 147 Å². The molecular weight excluding hydrogens is 340 g/mol. The Bertz CT molecular complexity index is 821. The maximum atomic E-state index is 10.2. The number of fused-ring (bicyclic) bond motifs is 2. The number of nitrogens with one attached hydrogen (secondary N) is 2. The lowest BCUT2D eigenvalue weighted by atomic mass is 10.3. The van der Waals surface area contributed by atoms with E-state index in [9.17, 15) is 5.11 Å². The summed E-state index contributed by atoms with van der Waals surface area (Å²) in [6.07, 6.45) is -0.524. The first-order valence-corrected chi connectivity index (χ1v) is 9.28. The first-order chi connectivity index (χ1) is 11.8. The van der Waals surface area contributed by atoms with Crippen LogP contribution < -0.4 is 10.6 Å². The zero-order chi connectivity index (χ0) is 16.4. The van der Waals surface area contributed by atoms with Gasteiger partial charge in [0, 0.05) is 13.1 Å². The molecule has 0 atom stereocenters. The predicted molar refractivity (Wildman–Crippen MR) is 102 cm³/mol. The molecule has 122 valence electrons. The Morgan fingerprint density at radius 3 is 1.71 bits per heavy atom. The summed E-state index contributed by atoms with van der Waals surface area (Å²) in [7, 11) is 0. The molecule has 0 aliphatic heterocycles. The molecule has 4 rings (SSSR count). The molecule has 0 saturated carbocycles. The highest BCUT2D eigenvalue weighted by Gasteiger charge is 2.09. The molecule has 0 amide bonds. The van der Waals surface area contributed by atoms with Crippen molar-refractivity contribution in [3.63, 3.8) is 0 Å². The van der Waals surface area contributed by atoms with Crippen LogP contribution in [0.15, 0.2) is 48.5 Å².